The summed E-state index contributed by atoms with van der Waals surface area (Å²) >= 11 is 5.85. The van der Waals surface area contributed by atoms with E-state index in [1.54, 1.807) is 17.1 Å². The van der Waals surface area contributed by atoms with Crippen LogP contribution in [0.5, 0.6) is 0 Å². The third-order valence-corrected chi connectivity index (χ3v) is 2.89. The predicted octanol–water partition coefficient (Wildman–Crippen LogP) is 2.90. The van der Waals surface area contributed by atoms with E-state index in [1.165, 1.54) is 0 Å². The van der Waals surface area contributed by atoms with Gasteiger partial charge in [-0.15, -0.1) is 0 Å². The molecule has 0 atom stereocenters. The van der Waals surface area contributed by atoms with Gasteiger partial charge >= 0.3 is 0 Å². The lowest BCUT2D eigenvalue weighted by Crippen LogP contribution is -2.21. The van der Waals surface area contributed by atoms with Crippen molar-refractivity contribution in [3.05, 3.63) is 46.7 Å². The van der Waals surface area contributed by atoms with E-state index in [0.717, 1.165) is 17.8 Å². The smallest absolute Gasteiger partial charge is 0.101 e. The van der Waals surface area contributed by atoms with E-state index in [0.29, 0.717) is 16.6 Å². The zero-order valence-corrected chi connectivity index (χ0v) is 11.6. The minimum atomic E-state index is 0.412. The van der Waals surface area contributed by atoms with Crippen molar-refractivity contribution in [2.45, 2.75) is 26.4 Å². The number of aromatic nitrogens is 2. The van der Waals surface area contributed by atoms with E-state index in [2.05, 4.69) is 30.3 Å². The Labute approximate surface area is 117 Å². The quantitative estimate of drug-likeness (QED) is 0.933. The van der Waals surface area contributed by atoms with Gasteiger partial charge in [0.05, 0.1) is 22.5 Å². The Morgan fingerprint density at radius 3 is 2.84 bits per heavy atom. The highest BCUT2D eigenvalue weighted by Gasteiger charge is 2.07. The zero-order chi connectivity index (χ0) is 13.8. The van der Waals surface area contributed by atoms with Crippen LogP contribution in [0, 0.1) is 11.3 Å². The van der Waals surface area contributed by atoms with Gasteiger partial charge in [0.2, 0.25) is 0 Å². The molecular weight excluding hydrogens is 260 g/mol. The number of benzene rings is 1. The highest BCUT2D eigenvalue weighted by molar-refractivity contribution is 6.30. The number of hydrogen-bond donors (Lipinski definition) is 1. The van der Waals surface area contributed by atoms with Gasteiger partial charge < -0.3 is 5.32 Å². The molecule has 2 aromatic rings. The molecule has 0 saturated heterocycles. The Morgan fingerprint density at radius 2 is 2.26 bits per heavy atom. The fraction of sp³-hybridized carbons (Fsp3) is 0.286. The largest absolute Gasteiger partial charge is 0.310 e. The second-order valence-corrected chi connectivity index (χ2v) is 5.04. The van der Waals surface area contributed by atoms with Gasteiger partial charge in [-0.1, -0.05) is 31.5 Å². The Morgan fingerprint density at radius 1 is 1.47 bits per heavy atom. The maximum absolute atomic E-state index is 9.24. The first-order valence-corrected chi connectivity index (χ1v) is 6.45. The first kappa shape index (κ1) is 13.6. The van der Waals surface area contributed by atoms with E-state index in [-0.39, 0.29) is 0 Å². The molecule has 98 valence electrons. The second kappa shape index (κ2) is 5.87. The summed E-state index contributed by atoms with van der Waals surface area (Å²) in [7, 11) is 0. The topological polar surface area (TPSA) is 53.6 Å². The third-order valence-electron chi connectivity index (χ3n) is 2.69. The summed E-state index contributed by atoms with van der Waals surface area (Å²) in [4.78, 5) is 0. The lowest BCUT2D eigenvalue weighted by Gasteiger charge is -2.10. The summed E-state index contributed by atoms with van der Waals surface area (Å²) in [5.41, 5.74) is 2.40. The normalized spacial score (nSPS) is 10.7. The highest BCUT2D eigenvalue weighted by Crippen LogP contribution is 2.17. The van der Waals surface area contributed by atoms with Gasteiger partial charge in [-0.05, 0) is 17.7 Å². The highest BCUT2D eigenvalue weighted by atomic mass is 35.5. The molecule has 0 aliphatic carbocycles. The number of halogens is 1. The van der Waals surface area contributed by atoms with Crippen LogP contribution in [0.25, 0.3) is 5.69 Å². The van der Waals surface area contributed by atoms with Gasteiger partial charge in [-0.3, -0.25) is 0 Å². The van der Waals surface area contributed by atoms with Crippen LogP contribution in [0.4, 0.5) is 0 Å². The summed E-state index contributed by atoms with van der Waals surface area (Å²) in [6, 6.07) is 8.36. The molecule has 0 fully saturated rings. The molecule has 1 aromatic carbocycles. The molecule has 1 N–H and O–H groups in total. The summed E-state index contributed by atoms with van der Waals surface area (Å²) in [6.45, 7) is 4.92. The lowest BCUT2D eigenvalue weighted by molar-refractivity contribution is 0.588. The Kier molecular flexibility index (Phi) is 4.20. The van der Waals surface area contributed by atoms with Gasteiger partial charge in [-0.2, -0.15) is 10.4 Å². The van der Waals surface area contributed by atoms with Crippen LogP contribution in [0.3, 0.4) is 0 Å². The molecule has 1 heterocycles. The molecule has 5 heteroatoms. The molecule has 0 bridgehead atoms. The van der Waals surface area contributed by atoms with Crippen molar-refractivity contribution in [1.29, 1.82) is 5.26 Å². The standard InChI is InChI=1S/C14H15ClN4/c1-10(2)17-7-11-3-4-14(12(5-11)6-16)19-9-13(15)8-18-19/h3-5,8-10,17H,7H2,1-2H3. The third kappa shape index (κ3) is 3.34. The predicted molar refractivity (Wildman–Crippen MR) is 75.3 cm³/mol. The Balaban J connectivity index is 2.29. The molecule has 0 aliphatic rings. The van der Waals surface area contributed by atoms with Crippen molar-refractivity contribution >= 4 is 11.6 Å². The van der Waals surface area contributed by atoms with E-state index in [9.17, 15) is 5.26 Å². The van der Waals surface area contributed by atoms with Crippen LogP contribution in [-0.4, -0.2) is 15.8 Å². The number of nitriles is 1. The van der Waals surface area contributed by atoms with Crippen molar-refractivity contribution in [2.24, 2.45) is 0 Å². The zero-order valence-electron chi connectivity index (χ0n) is 10.9. The molecule has 0 saturated carbocycles. The lowest BCUT2D eigenvalue weighted by atomic mass is 10.1. The monoisotopic (exact) mass is 274 g/mol. The molecule has 0 unspecified atom stereocenters. The number of nitrogens with one attached hydrogen (secondary N) is 1. The summed E-state index contributed by atoms with van der Waals surface area (Å²) in [5.74, 6) is 0. The first-order chi connectivity index (χ1) is 9.10. The van der Waals surface area contributed by atoms with Gasteiger partial charge in [0.1, 0.15) is 6.07 Å². The molecule has 0 spiro atoms. The average molecular weight is 275 g/mol. The number of hydrogen-bond acceptors (Lipinski definition) is 3. The fourth-order valence-electron chi connectivity index (χ4n) is 1.74. The number of rotatable bonds is 4. The molecule has 1 aromatic heterocycles. The summed E-state index contributed by atoms with van der Waals surface area (Å²) in [5, 5.41) is 17.2. The van der Waals surface area contributed by atoms with Crippen LogP contribution < -0.4 is 5.32 Å². The van der Waals surface area contributed by atoms with Crippen molar-refractivity contribution in [2.75, 3.05) is 0 Å². The minimum Gasteiger partial charge on any atom is -0.310 e. The van der Waals surface area contributed by atoms with Crippen LogP contribution in [0.1, 0.15) is 25.0 Å². The summed E-state index contributed by atoms with van der Waals surface area (Å²) in [6.07, 6.45) is 3.24. The van der Waals surface area contributed by atoms with Gasteiger partial charge in [0.15, 0.2) is 0 Å². The van der Waals surface area contributed by atoms with Crippen molar-refractivity contribution in [3.63, 3.8) is 0 Å². The molecule has 0 aliphatic heterocycles. The van der Waals surface area contributed by atoms with Gasteiger partial charge in [-0.25, -0.2) is 4.68 Å². The summed E-state index contributed by atoms with van der Waals surface area (Å²) < 4.78 is 1.61. The van der Waals surface area contributed by atoms with Gasteiger partial charge in [0.25, 0.3) is 0 Å². The molecular formula is C14H15ClN4. The Hall–Kier alpha value is -1.83. The van der Waals surface area contributed by atoms with E-state index in [4.69, 9.17) is 11.6 Å². The SMILES string of the molecule is CC(C)NCc1ccc(-n2cc(Cl)cn2)c(C#N)c1. The molecule has 19 heavy (non-hydrogen) atoms. The molecule has 2 rings (SSSR count). The number of nitrogens with zero attached hydrogens (tertiary/aromatic N) is 3. The maximum atomic E-state index is 9.24. The van der Waals surface area contributed by atoms with Crippen molar-refractivity contribution in [3.8, 4) is 11.8 Å². The van der Waals surface area contributed by atoms with Crippen LogP contribution >= 0.6 is 11.6 Å². The average Bonchev–Trinajstić information content (AvgIpc) is 2.82. The Bertz CT molecular complexity index is 610. The van der Waals surface area contributed by atoms with Crippen LogP contribution in [-0.2, 0) is 6.54 Å². The first-order valence-electron chi connectivity index (χ1n) is 6.07. The van der Waals surface area contributed by atoms with Crippen molar-refractivity contribution < 1.29 is 0 Å². The van der Waals surface area contributed by atoms with Crippen LogP contribution in [0.2, 0.25) is 5.02 Å². The minimum absolute atomic E-state index is 0.412. The molecule has 4 nitrogen and oxygen atoms in total. The van der Waals surface area contributed by atoms with E-state index >= 15 is 0 Å². The fourth-order valence-corrected chi connectivity index (χ4v) is 1.87. The maximum Gasteiger partial charge on any atom is 0.101 e. The van der Waals surface area contributed by atoms with E-state index < -0.39 is 0 Å². The van der Waals surface area contributed by atoms with E-state index in [1.807, 2.05) is 18.2 Å². The molecule has 0 radical (unpaired) electrons. The van der Waals surface area contributed by atoms with Gasteiger partial charge in [0, 0.05) is 18.8 Å². The second-order valence-electron chi connectivity index (χ2n) is 4.60. The van der Waals surface area contributed by atoms with Crippen LogP contribution in [0.15, 0.2) is 30.6 Å². The van der Waals surface area contributed by atoms with Crippen molar-refractivity contribution in [1.82, 2.24) is 15.1 Å². The molecule has 0 amide bonds.